The van der Waals surface area contributed by atoms with Crippen LogP contribution in [0.25, 0.3) is 0 Å². The number of nitrogens with zero attached hydrogens (tertiary/aromatic N) is 2. The molecular formula is C30H58N2O3. The minimum Gasteiger partial charge on any atom is -0.459 e. The van der Waals surface area contributed by atoms with Gasteiger partial charge >= 0.3 is 5.97 Å². The lowest BCUT2D eigenvalue weighted by atomic mass is 10.0. The highest BCUT2D eigenvalue weighted by Gasteiger charge is 2.26. The third kappa shape index (κ3) is 17.9. The minimum absolute atomic E-state index is 0.0934. The van der Waals surface area contributed by atoms with E-state index < -0.39 is 0 Å². The lowest BCUT2D eigenvalue weighted by molar-refractivity contribution is -0.152. The fourth-order valence-electron chi connectivity index (χ4n) is 5.05. The second-order valence-corrected chi connectivity index (χ2v) is 10.9. The monoisotopic (exact) mass is 494 g/mol. The zero-order valence-corrected chi connectivity index (χ0v) is 23.7. The fourth-order valence-corrected chi connectivity index (χ4v) is 5.05. The Kier molecular flexibility index (Phi) is 20.2. The molecule has 1 atom stereocenters. The number of rotatable bonds is 24. The van der Waals surface area contributed by atoms with Crippen LogP contribution in [-0.4, -0.2) is 61.0 Å². The van der Waals surface area contributed by atoms with Gasteiger partial charge in [0.1, 0.15) is 6.10 Å². The molecule has 0 aromatic carbocycles. The van der Waals surface area contributed by atoms with Gasteiger partial charge in [0.25, 0.3) is 0 Å². The molecule has 1 saturated heterocycles. The van der Waals surface area contributed by atoms with Gasteiger partial charge in [0.15, 0.2) is 0 Å². The highest BCUT2D eigenvalue weighted by Crippen LogP contribution is 2.15. The van der Waals surface area contributed by atoms with E-state index in [1.807, 2.05) is 4.90 Å². The molecule has 5 nitrogen and oxygen atoms in total. The molecule has 35 heavy (non-hydrogen) atoms. The number of hydrogen-bond donors (Lipinski definition) is 0. The first-order chi connectivity index (χ1) is 17.1. The van der Waals surface area contributed by atoms with E-state index in [4.69, 9.17) is 4.74 Å². The van der Waals surface area contributed by atoms with Crippen molar-refractivity contribution in [2.45, 2.75) is 148 Å². The molecule has 1 aliphatic heterocycles. The number of likely N-dealkylation sites (N-methyl/N-ethyl adjacent to an activating group) is 1. The Bertz CT molecular complexity index is 526. The third-order valence-electron chi connectivity index (χ3n) is 7.29. The molecule has 0 spiro atoms. The average Bonchev–Trinajstić information content (AvgIpc) is 3.23. The van der Waals surface area contributed by atoms with Gasteiger partial charge in [-0.05, 0) is 32.9 Å². The van der Waals surface area contributed by atoms with Crippen molar-refractivity contribution in [1.29, 1.82) is 0 Å². The van der Waals surface area contributed by atoms with Crippen molar-refractivity contribution in [2.24, 2.45) is 0 Å². The summed E-state index contributed by atoms with van der Waals surface area (Å²) in [7, 11) is 2.10. The molecule has 0 aliphatic carbocycles. The number of hydrogen-bond acceptors (Lipinski definition) is 4. The number of unbranched alkanes of at least 4 members (excludes halogenated alkanes) is 15. The number of esters is 1. The number of ether oxygens (including phenoxy) is 1. The summed E-state index contributed by atoms with van der Waals surface area (Å²) in [5.74, 6) is 0.109. The highest BCUT2D eigenvalue weighted by molar-refractivity contribution is 5.78. The Hall–Kier alpha value is -1.10. The Labute approximate surface area is 217 Å². The number of carbonyl (C=O) groups is 2. The van der Waals surface area contributed by atoms with E-state index in [0.29, 0.717) is 25.9 Å². The van der Waals surface area contributed by atoms with Crippen LogP contribution in [0.2, 0.25) is 0 Å². The number of amides is 1. The van der Waals surface area contributed by atoms with Gasteiger partial charge in [-0.25, -0.2) is 0 Å². The largest absolute Gasteiger partial charge is 0.459 e. The van der Waals surface area contributed by atoms with Gasteiger partial charge in [0, 0.05) is 25.9 Å². The van der Waals surface area contributed by atoms with Crippen LogP contribution >= 0.6 is 0 Å². The van der Waals surface area contributed by atoms with Crippen molar-refractivity contribution in [2.75, 3.05) is 33.2 Å². The van der Waals surface area contributed by atoms with E-state index >= 15 is 0 Å². The maximum atomic E-state index is 12.5. The summed E-state index contributed by atoms with van der Waals surface area (Å²) in [4.78, 5) is 28.8. The topological polar surface area (TPSA) is 49.9 Å². The molecule has 0 aromatic heterocycles. The second kappa shape index (κ2) is 22.1. The zero-order valence-electron chi connectivity index (χ0n) is 23.7. The van der Waals surface area contributed by atoms with Crippen LogP contribution in [0.4, 0.5) is 0 Å². The van der Waals surface area contributed by atoms with Crippen molar-refractivity contribution >= 4 is 11.9 Å². The molecule has 5 heteroatoms. The molecule has 0 aromatic rings. The first kappa shape index (κ1) is 31.9. The van der Waals surface area contributed by atoms with Crippen molar-refractivity contribution in [3.63, 3.8) is 0 Å². The average molecular weight is 495 g/mol. The Balaban J connectivity index is 2.17. The molecule has 0 bridgehead atoms. The molecule has 1 heterocycles. The lowest BCUT2D eigenvalue weighted by Crippen LogP contribution is -2.42. The van der Waals surface area contributed by atoms with Gasteiger partial charge in [-0.3, -0.25) is 9.59 Å². The summed E-state index contributed by atoms with van der Waals surface area (Å²) in [6.07, 6.45) is 23.7. The summed E-state index contributed by atoms with van der Waals surface area (Å²) >= 11 is 0. The SMILES string of the molecule is CCCCCCCCCCCCCCCC(=O)OC(CN(C)CCCCCC)CN1CCCC1=O. The molecule has 1 rings (SSSR count). The van der Waals surface area contributed by atoms with Crippen molar-refractivity contribution in [3.05, 3.63) is 0 Å². The normalized spacial score (nSPS) is 14.7. The van der Waals surface area contributed by atoms with Crippen LogP contribution in [0.1, 0.15) is 142 Å². The molecule has 1 amide bonds. The second-order valence-electron chi connectivity index (χ2n) is 10.9. The van der Waals surface area contributed by atoms with Crippen LogP contribution in [0.15, 0.2) is 0 Å². The van der Waals surface area contributed by atoms with Crippen molar-refractivity contribution in [1.82, 2.24) is 9.80 Å². The molecule has 0 saturated carbocycles. The van der Waals surface area contributed by atoms with Gasteiger partial charge in [-0.1, -0.05) is 110 Å². The summed E-state index contributed by atoms with van der Waals surface area (Å²) in [6, 6.07) is 0. The van der Waals surface area contributed by atoms with Crippen molar-refractivity contribution in [3.8, 4) is 0 Å². The predicted molar refractivity (Wildman–Crippen MR) is 148 cm³/mol. The summed E-state index contributed by atoms with van der Waals surface area (Å²) in [6.45, 7) is 7.56. The fraction of sp³-hybridized carbons (Fsp3) is 0.933. The van der Waals surface area contributed by atoms with E-state index in [1.165, 1.54) is 96.3 Å². The molecule has 0 N–H and O–H groups in total. The van der Waals surface area contributed by atoms with Crippen LogP contribution in [0.5, 0.6) is 0 Å². The maximum absolute atomic E-state index is 12.5. The van der Waals surface area contributed by atoms with Gasteiger partial charge in [-0.15, -0.1) is 0 Å². The number of carbonyl (C=O) groups excluding carboxylic acids is 2. The van der Waals surface area contributed by atoms with E-state index in [-0.39, 0.29) is 18.0 Å². The van der Waals surface area contributed by atoms with Crippen LogP contribution in [0, 0.1) is 0 Å². The first-order valence-electron chi connectivity index (χ1n) is 15.2. The van der Waals surface area contributed by atoms with Gasteiger partial charge < -0.3 is 14.5 Å². The van der Waals surface area contributed by atoms with E-state index in [2.05, 4.69) is 25.8 Å². The van der Waals surface area contributed by atoms with E-state index in [9.17, 15) is 9.59 Å². The number of likely N-dealkylation sites (tertiary alicyclic amines) is 1. The van der Waals surface area contributed by atoms with Crippen LogP contribution < -0.4 is 0 Å². The van der Waals surface area contributed by atoms with Crippen LogP contribution in [0.3, 0.4) is 0 Å². The van der Waals surface area contributed by atoms with Gasteiger partial charge in [0.2, 0.25) is 5.91 Å². The highest BCUT2D eigenvalue weighted by atomic mass is 16.5. The molecule has 1 fully saturated rings. The summed E-state index contributed by atoms with van der Waals surface area (Å²) in [5.41, 5.74) is 0. The Morgan fingerprint density at radius 2 is 1.34 bits per heavy atom. The smallest absolute Gasteiger partial charge is 0.306 e. The first-order valence-corrected chi connectivity index (χ1v) is 15.2. The van der Waals surface area contributed by atoms with Gasteiger partial charge in [0.05, 0.1) is 6.54 Å². The van der Waals surface area contributed by atoms with E-state index in [0.717, 1.165) is 32.4 Å². The lowest BCUT2D eigenvalue weighted by Gasteiger charge is -2.28. The molecule has 206 valence electrons. The quantitative estimate of drug-likeness (QED) is 0.103. The third-order valence-corrected chi connectivity index (χ3v) is 7.29. The standard InChI is InChI=1S/C30H58N2O3/c1-4-6-8-10-11-12-13-14-15-16-17-18-19-23-30(34)35-28(27-32-25-21-22-29(32)33)26-31(3)24-20-9-7-5-2/h28H,4-27H2,1-3H3. The zero-order chi connectivity index (χ0) is 25.6. The molecule has 0 radical (unpaired) electrons. The molecule has 1 unspecified atom stereocenters. The molecule has 1 aliphatic rings. The molecular weight excluding hydrogens is 436 g/mol. The maximum Gasteiger partial charge on any atom is 0.306 e. The van der Waals surface area contributed by atoms with Crippen molar-refractivity contribution < 1.29 is 14.3 Å². The summed E-state index contributed by atoms with van der Waals surface area (Å²) in [5, 5.41) is 0. The van der Waals surface area contributed by atoms with Crippen LogP contribution in [-0.2, 0) is 14.3 Å². The Morgan fingerprint density at radius 3 is 1.86 bits per heavy atom. The van der Waals surface area contributed by atoms with Gasteiger partial charge in [-0.2, -0.15) is 0 Å². The Morgan fingerprint density at radius 1 is 0.829 bits per heavy atom. The summed E-state index contributed by atoms with van der Waals surface area (Å²) < 4.78 is 5.89. The minimum atomic E-state index is -0.220. The van der Waals surface area contributed by atoms with E-state index in [1.54, 1.807) is 0 Å². The predicted octanol–water partition coefficient (Wildman–Crippen LogP) is 7.51.